The number of hydrogen-bond acceptors (Lipinski definition) is 3. The lowest BCUT2D eigenvalue weighted by molar-refractivity contribution is 0.193. The Labute approximate surface area is 129 Å². The molecule has 0 aliphatic heterocycles. The number of aromatic nitrogens is 1. The molecule has 0 fully saturated rings. The highest BCUT2D eigenvalue weighted by atomic mass is 19.1. The molecular formula is C16H20FN3O2. The maximum atomic E-state index is 13.8. The van der Waals surface area contributed by atoms with E-state index in [-0.39, 0.29) is 17.9 Å². The first kappa shape index (κ1) is 16.0. The average molecular weight is 305 g/mol. The van der Waals surface area contributed by atoms with Crippen molar-refractivity contribution in [2.45, 2.75) is 33.4 Å². The van der Waals surface area contributed by atoms with Gasteiger partial charge in [-0.05, 0) is 26.8 Å². The van der Waals surface area contributed by atoms with Crippen LogP contribution in [-0.2, 0) is 6.54 Å². The molecule has 1 aromatic heterocycles. The van der Waals surface area contributed by atoms with Crippen LogP contribution in [0.4, 0.5) is 9.18 Å². The second-order valence-corrected chi connectivity index (χ2v) is 5.27. The first-order valence-corrected chi connectivity index (χ1v) is 7.08. The lowest BCUT2D eigenvalue weighted by Gasteiger charge is -2.25. The zero-order valence-corrected chi connectivity index (χ0v) is 13.2. The lowest BCUT2D eigenvalue weighted by atomic mass is 10.1. The number of benzene rings is 1. The fraction of sp³-hybridized carbons (Fsp3) is 0.375. The van der Waals surface area contributed by atoms with Crippen LogP contribution in [0.15, 0.2) is 28.8 Å². The molecule has 0 saturated carbocycles. The van der Waals surface area contributed by atoms with Crippen LogP contribution in [0.25, 0.3) is 0 Å². The number of hydrogen-bond donors (Lipinski definition) is 1. The molecule has 2 rings (SSSR count). The molecule has 0 aliphatic rings. The summed E-state index contributed by atoms with van der Waals surface area (Å²) in [5, 5.41) is 6.64. The summed E-state index contributed by atoms with van der Waals surface area (Å²) in [5.74, 6) is 0.364. The van der Waals surface area contributed by atoms with Crippen molar-refractivity contribution >= 4 is 6.03 Å². The number of carbonyl (C=O) groups excluding carboxylic acids is 1. The molecular weight excluding hydrogens is 285 g/mol. The van der Waals surface area contributed by atoms with Crippen LogP contribution in [0.3, 0.4) is 0 Å². The lowest BCUT2D eigenvalue weighted by Crippen LogP contribution is -2.38. The Morgan fingerprint density at radius 3 is 2.68 bits per heavy atom. The molecule has 0 spiro atoms. The third-order valence-electron chi connectivity index (χ3n) is 3.85. The predicted molar refractivity (Wildman–Crippen MR) is 80.8 cm³/mol. The number of carbonyl (C=O) groups is 1. The molecule has 1 N–H and O–H groups in total. The number of urea groups is 1. The highest BCUT2D eigenvalue weighted by Gasteiger charge is 2.20. The molecule has 2 aromatic rings. The summed E-state index contributed by atoms with van der Waals surface area (Å²) < 4.78 is 18.9. The number of halogens is 1. The largest absolute Gasteiger partial charge is 0.361 e. The molecule has 5 nitrogen and oxygen atoms in total. The summed E-state index contributed by atoms with van der Waals surface area (Å²) in [7, 11) is 1.64. The quantitative estimate of drug-likeness (QED) is 0.942. The Kier molecular flexibility index (Phi) is 4.80. The Morgan fingerprint density at radius 1 is 1.41 bits per heavy atom. The fourth-order valence-electron chi connectivity index (χ4n) is 2.24. The molecule has 0 unspecified atom stereocenters. The minimum absolute atomic E-state index is 0.282. The Balaban J connectivity index is 2.02. The molecule has 0 radical (unpaired) electrons. The number of aryl methyl sites for hydroxylation is 2. The van der Waals surface area contributed by atoms with Gasteiger partial charge in [0.05, 0.1) is 11.7 Å². The van der Waals surface area contributed by atoms with Gasteiger partial charge in [-0.1, -0.05) is 23.4 Å². The van der Waals surface area contributed by atoms with Crippen LogP contribution in [0.5, 0.6) is 0 Å². The first-order chi connectivity index (χ1) is 10.4. The smallest absolute Gasteiger partial charge is 0.317 e. The zero-order valence-electron chi connectivity index (χ0n) is 13.2. The first-order valence-electron chi connectivity index (χ1n) is 7.08. The van der Waals surface area contributed by atoms with E-state index in [4.69, 9.17) is 4.52 Å². The molecule has 118 valence electrons. The van der Waals surface area contributed by atoms with Crippen LogP contribution >= 0.6 is 0 Å². The van der Waals surface area contributed by atoms with Gasteiger partial charge in [-0.3, -0.25) is 0 Å². The number of rotatable bonds is 4. The minimum Gasteiger partial charge on any atom is -0.361 e. The monoisotopic (exact) mass is 305 g/mol. The Bertz CT molecular complexity index is 650. The summed E-state index contributed by atoms with van der Waals surface area (Å²) in [6.45, 7) is 5.74. The summed E-state index contributed by atoms with van der Waals surface area (Å²) in [6.07, 6.45) is 0. The minimum atomic E-state index is -0.370. The van der Waals surface area contributed by atoms with Gasteiger partial charge in [0.2, 0.25) is 0 Å². The second kappa shape index (κ2) is 6.60. The van der Waals surface area contributed by atoms with Crippen LogP contribution < -0.4 is 5.32 Å². The van der Waals surface area contributed by atoms with E-state index in [1.54, 1.807) is 39.1 Å². The van der Waals surface area contributed by atoms with E-state index >= 15 is 0 Å². The molecule has 1 atom stereocenters. The third kappa shape index (κ3) is 3.27. The molecule has 0 aliphatic carbocycles. The summed E-state index contributed by atoms with van der Waals surface area (Å²) in [5.41, 5.74) is 2.10. The van der Waals surface area contributed by atoms with Gasteiger partial charge in [0.25, 0.3) is 0 Å². The van der Waals surface area contributed by atoms with Crippen molar-refractivity contribution in [3.8, 4) is 0 Å². The number of nitrogens with zero attached hydrogens (tertiary/aromatic N) is 2. The summed E-state index contributed by atoms with van der Waals surface area (Å²) in [6, 6.07) is 5.80. The van der Waals surface area contributed by atoms with Crippen molar-refractivity contribution in [2.75, 3.05) is 7.05 Å². The van der Waals surface area contributed by atoms with Crippen molar-refractivity contribution in [2.24, 2.45) is 0 Å². The third-order valence-corrected chi connectivity index (χ3v) is 3.85. The fourth-order valence-corrected chi connectivity index (χ4v) is 2.24. The molecule has 1 aromatic carbocycles. The maximum absolute atomic E-state index is 13.8. The van der Waals surface area contributed by atoms with E-state index in [1.807, 2.05) is 6.92 Å². The number of nitrogens with one attached hydrogen (secondary N) is 1. The molecule has 2 amide bonds. The molecule has 0 bridgehead atoms. The number of amides is 2. The normalized spacial score (nSPS) is 12.0. The van der Waals surface area contributed by atoms with E-state index in [0.717, 1.165) is 11.3 Å². The second-order valence-electron chi connectivity index (χ2n) is 5.27. The molecule has 1 heterocycles. The SMILES string of the molecule is Cc1noc(C)c1CNC(=O)N(C)[C@@H](C)c1ccccc1F. The van der Waals surface area contributed by atoms with Gasteiger partial charge in [-0.25, -0.2) is 9.18 Å². The van der Waals surface area contributed by atoms with Crippen molar-refractivity contribution in [1.29, 1.82) is 0 Å². The van der Waals surface area contributed by atoms with Crippen molar-refractivity contribution in [3.63, 3.8) is 0 Å². The molecule has 6 heteroatoms. The van der Waals surface area contributed by atoms with Gasteiger partial charge in [0.15, 0.2) is 0 Å². The van der Waals surface area contributed by atoms with Crippen molar-refractivity contribution in [1.82, 2.24) is 15.4 Å². The summed E-state index contributed by atoms with van der Waals surface area (Å²) >= 11 is 0. The highest BCUT2D eigenvalue weighted by molar-refractivity contribution is 5.74. The van der Waals surface area contributed by atoms with Crippen LogP contribution in [0.2, 0.25) is 0 Å². The van der Waals surface area contributed by atoms with E-state index in [9.17, 15) is 9.18 Å². The van der Waals surface area contributed by atoms with Gasteiger partial charge in [-0.2, -0.15) is 0 Å². The van der Waals surface area contributed by atoms with Crippen molar-refractivity contribution in [3.05, 3.63) is 52.7 Å². The van der Waals surface area contributed by atoms with Gasteiger partial charge >= 0.3 is 6.03 Å². The van der Waals surface area contributed by atoms with E-state index in [2.05, 4.69) is 10.5 Å². The Morgan fingerprint density at radius 2 is 2.09 bits per heavy atom. The Hall–Kier alpha value is -2.37. The zero-order chi connectivity index (χ0) is 16.3. The topological polar surface area (TPSA) is 58.4 Å². The highest BCUT2D eigenvalue weighted by Crippen LogP contribution is 2.21. The van der Waals surface area contributed by atoms with Crippen LogP contribution in [0, 0.1) is 19.7 Å². The van der Waals surface area contributed by atoms with Crippen LogP contribution in [-0.4, -0.2) is 23.1 Å². The molecule has 22 heavy (non-hydrogen) atoms. The standard InChI is InChI=1S/C16H20FN3O2/c1-10-14(12(3)22-19-10)9-18-16(21)20(4)11(2)13-7-5-6-8-15(13)17/h5-8,11H,9H2,1-4H3,(H,18,21)/t11-/m0/s1. The van der Waals surface area contributed by atoms with Gasteiger partial charge in [0.1, 0.15) is 11.6 Å². The van der Waals surface area contributed by atoms with E-state index in [0.29, 0.717) is 17.9 Å². The predicted octanol–water partition coefficient (Wildman–Crippen LogP) is 3.33. The van der Waals surface area contributed by atoms with Crippen LogP contribution in [0.1, 0.15) is 35.5 Å². The maximum Gasteiger partial charge on any atom is 0.317 e. The summed E-state index contributed by atoms with van der Waals surface area (Å²) in [4.78, 5) is 13.7. The van der Waals surface area contributed by atoms with Gasteiger partial charge in [0, 0.05) is 24.7 Å². The van der Waals surface area contributed by atoms with E-state index in [1.165, 1.54) is 11.0 Å². The van der Waals surface area contributed by atoms with Gasteiger partial charge < -0.3 is 14.7 Å². The van der Waals surface area contributed by atoms with Gasteiger partial charge in [-0.15, -0.1) is 0 Å². The molecule has 0 saturated heterocycles. The van der Waals surface area contributed by atoms with E-state index < -0.39 is 0 Å². The van der Waals surface area contributed by atoms with Crippen molar-refractivity contribution < 1.29 is 13.7 Å². The average Bonchev–Trinajstić information content (AvgIpc) is 2.82.